The number of pyridine rings is 1. The number of para-hydroxylation sites is 1. The van der Waals surface area contributed by atoms with E-state index in [0.29, 0.717) is 5.95 Å². The molecule has 1 saturated heterocycles. The first-order valence-corrected chi connectivity index (χ1v) is 12.6. The maximum Gasteiger partial charge on any atom is 0.245 e. The predicted molar refractivity (Wildman–Crippen MR) is 150 cm³/mol. The summed E-state index contributed by atoms with van der Waals surface area (Å²) in [5.74, 6) is 3.02. The van der Waals surface area contributed by atoms with E-state index >= 15 is 0 Å². The normalized spacial score (nSPS) is 13.5. The van der Waals surface area contributed by atoms with Crippen LogP contribution in [0.3, 0.4) is 0 Å². The van der Waals surface area contributed by atoms with Gasteiger partial charge in [0.2, 0.25) is 5.95 Å². The van der Waals surface area contributed by atoms with Crippen LogP contribution in [0, 0.1) is 0 Å². The minimum atomic E-state index is 0.472. The fourth-order valence-electron chi connectivity index (χ4n) is 4.85. The molecular formula is C29H29N7O2. The van der Waals surface area contributed by atoms with Gasteiger partial charge in [0.15, 0.2) is 0 Å². The van der Waals surface area contributed by atoms with Gasteiger partial charge in [-0.25, -0.2) is 14.5 Å². The zero-order chi connectivity index (χ0) is 25.9. The van der Waals surface area contributed by atoms with Crippen molar-refractivity contribution in [2.45, 2.75) is 0 Å². The Balaban J connectivity index is 1.22. The van der Waals surface area contributed by atoms with Crippen molar-refractivity contribution in [3.05, 3.63) is 85.2 Å². The number of rotatable bonds is 7. The Labute approximate surface area is 221 Å². The van der Waals surface area contributed by atoms with Crippen LogP contribution in [0.2, 0.25) is 0 Å². The van der Waals surface area contributed by atoms with E-state index in [4.69, 9.17) is 14.6 Å². The van der Waals surface area contributed by atoms with Crippen molar-refractivity contribution >= 4 is 28.7 Å². The van der Waals surface area contributed by atoms with Gasteiger partial charge in [0.25, 0.3) is 0 Å². The van der Waals surface area contributed by atoms with Crippen molar-refractivity contribution in [2.75, 3.05) is 55.5 Å². The summed E-state index contributed by atoms with van der Waals surface area (Å²) in [5, 5.41) is 8.11. The zero-order valence-corrected chi connectivity index (χ0v) is 21.4. The summed E-state index contributed by atoms with van der Waals surface area (Å²) in [6.45, 7) is 3.65. The molecule has 3 aromatic heterocycles. The lowest BCUT2D eigenvalue weighted by Crippen LogP contribution is -2.46. The van der Waals surface area contributed by atoms with Crippen LogP contribution in [0.15, 0.2) is 85.2 Å². The Bertz CT molecular complexity index is 1550. The number of benzene rings is 2. The van der Waals surface area contributed by atoms with Crippen LogP contribution in [-0.2, 0) is 0 Å². The second-order valence-corrected chi connectivity index (χ2v) is 9.01. The summed E-state index contributed by atoms with van der Waals surface area (Å²) >= 11 is 0. The minimum Gasteiger partial charge on any atom is -0.496 e. The molecule has 5 aromatic rings. The largest absolute Gasteiger partial charge is 0.496 e. The summed E-state index contributed by atoms with van der Waals surface area (Å²) in [5.41, 5.74) is 4.70. The molecule has 9 heteroatoms. The van der Waals surface area contributed by atoms with Crippen molar-refractivity contribution in [1.82, 2.24) is 19.6 Å². The Kier molecular flexibility index (Phi) is 6.39. The lowest BCUT2D eigenvalue weighted by molar-refractivity contribution is 0.416. The zero-order valence-electron chi connectivity index (χ0n) is 21.4. The third-order valence-electron chi connectivity index (χ3n) is 6.83. The smallest absolute Gasteiger partial charge is 0.245 e. The molecule has 0 atom stereocenters. The van der Waals surface area contributed by atoms with E-state index in [-0.39, 0.29) is 0 Å². The van der Waals surface area contributed by atoms with Crippen molar-refractivity contribution < 1.29 is 9.47 Å². The fraction of sp³-hybridized carbons (Fsp3) is 0.207. The summed E-state index contributed by atoms with van der Waals surface area (Å²) in [4.78, 5) is 13.7. The number of ether oxygens (including phenoxy) is 2. The Morgan fingerprint density at radius 3 is 2.34 bits per heavy atom. The Morgan fingerprint density at radius 2 is 1.55 bits per heavy atom. The highest BCUT2D eigenvalue weighted by Gasteiger charge is 2.20. The lowest BCUT2D eigenvalue weighted by atomic mass is 10.1. The van der Waals surface area contributed by atoms with Gasteiger partial charge in [-0.05, 0) is 48.5 Å². The first-order valence-electron chi connectivity index (χ1n) is 12.6. The minimum absolute atomic E-state index is 0.472. The molecule has 0 amide bonds. The third-order valence-corrected chi connectivity index (χ3v) is 6.83. The second-order valence-electron chi connectivity index (χ2n) is 9.01. The standard InChI is InChI=1S/C29H29N7O2/c1-37-26-8-4-3-7-23(26)25-13-11-22-20-31-29(33-36(22)25)32-24-12-10-21(19-27(24)38-2)34-15-17-35(18-16-34)28-9-5-6-14-30-28/h3-14,19-20H,15-18H2,1-2H3,(H,32,33). The summed E-state index contributed by atoms with van der Waals surface area (Å²) in [6, 6.07) is 24.2. The van der Waals surface area contributed by atoms with Crippen molar-refractivity contribution in [3.8, 4) is 22.8 Å². The SMILES string of the molecule is COc1cc(N2CCN(c3ccccn3)CC2)ccc1Nc1ncc2ccc(-c3ccccc3OC)n2n1. The molecular weight excluding hydrogens is 478 g/mol. The number of fused-ring (bicyclic) bond motifs is 1. The molecule has 0 bridgehead atoms. The number of nitrogens with zero attached hydrogens (tertiary/aromatic N) is 6. The molecule has 0 spiro atoms. The molecule has 1 aliphatic heterocycles. The topological polar surface area (TPSA) is 80.0 Å². The molecule has 2 aromatic carbocycles. The maximum atomic E-state index is 5.75. The molecule has 1 fully saturated rings. The first-order chi connectivity index (χ1) is 18.7. The van der Waals surface area contributed by atoms with Crippen LogP contribution in [0.5, 0.6) is 11.5 Å². The molecule has 0 radical (unpaired) electrons. The Morgan fingerprint density at radius 1 is 0.763 bits per heavy atom. The lowest BCUT2D eigenvalue weighted by Gasteiger charge is -2.36. The summed E-state index contributed by atoms with van der Waals surface area (Å²) in [7, 11) is 3.35. The van der Waals surface area contributed by atoms with Gasteiger partial charge in [0, 0.05) is 49.7 Å². The van der Waals surface area contributed by atoms with Crippen LogP contribution < -0.4 is 24.6 Å². The maximum absolute atomic E-state index is 5.75. The quantitative estimate of drug-likeness (QED) is 0.334. The third kappa shape index (κ3) is 4.54. The second kappa shape index (κ2) is 10.3. The summed E-state index contributed by atoms with van der Waals surface area (Å²) < 4.78 is 13.2. The number of anilines is 4. The van der Waals surface area contributed by atoms with E-state index in [0.717, 1.165) is 71.6 Å². The van der Waals surface area contributed by atoms with Crippen molar-refractivity contribution in [1.29, 1.82) is 0 Å². The van der Waals surface area contributed by atoms with Gasteiger partial charge in [-0.15, -0.1) is 5.10 Å². The number of hydrogen-bond acceptors (Lipinski definition) is 8. The number of nitrogens with one attached hydrogen (secondary N) is 1. The molecule has 38 heavy (non-hydrogen) atoms. The summed E-state index contributed by atoms with van der Waals surface area (Å²) in [6.07, 6.45) is 3.64. The first kappa shape index (κ1) is 23.6. The van der Waals surface area contributed by atoms with Crippen LogP contribution in [-0.4, -0.2) is 60.0 Å². The van der Waals surface area contributed by atoms with Gasteiger partial charge in [0.1, 0.15) is 17.3 Å². The van der Waals surface area contributed by atoms with Gasteiger partial charge in [-0.3, -0.25) is 0 Å². The number of piperazine rings is 1. The highest BCUT2D eigenvalue weighted by molar-refractivity contribution is 5.73. The monoisotopic (exact) mass is 507 g/mol. The van der Waals surface area contributed by atoms with Gasteiger partial charge in [-0.2, -0.15) is 0 Å². The number of hydrogen-bond donors (Lipinski definition) is 1. The molecule has 6 rings (SSSR count). The van der Waals surface area contributed by atoms with Crippen molar-refractivity contribution in [2.24, 2.45) is 0 Å². The van der Waals surface area contributed by atoms with E-state index in [9.17, 15) is 0 Å². The molecule has 192 valence electrons. The van der Waals surface area contributed by atoms with E-state index in [1.807, 2.05) is 65.3 Å². The predicted octanol–water partition coefficient (Wildman–Crippen LogP) is 4.88. The van der Waals surface area contributed by atoms with Crippen LogP contribution >= 0.6 is 0 Å². The molecule has 0 saturated carbocycles. The Hall–Kier alpha value is -4.79. The molecule has 0 unspecified atom stereocenters. The van der Waals surface area contributed by atoms with E-state index in [1.54, 1.807) is 20.4 Å². The fourth-order valence-corrected chi connectivity index (χ4v) is 4.85. The van der Waals surface area contributed by atoms with E-state index in [1.165, 1.54) is 0 Å². The van der Waals surface area contributed by atoms with Crippen LogP contribution in [0.4, 0.5) is 23.1 Å². The molecule has 9 nitrogen and oxygen atoms in total. The molecule has 0 aliphatic carbocycles. The van der Waals surface area contributed by atoms with Crippen LogP contribution in [0.25, 0.3) is 16.8 Å². The van der Waals surface area contributed by atoms with Gasteiger partial charge >= 0.3 is 0 Å². The average molecular weight is 508 g/mol. The van der Waals surface area contributed by atoms with Gasteiger partial charge in [-0.1, -0.05) is 18.2 Å². The highest BCUT2D eigenvalue weighted by atomic mass is 16.5. The highest BCUT2D eigenvalue weighted by Crippen LogP contribution is 2.33. The van der Waals surface area contributed by atoms with E-state index < -0.39 is 0 Å². The van der Waals surface area contributed by atoms with Crippen molar-refractivity contribution in [3.63, 3.8) is 0 Å². The molecule has 1 aliphatic rings. The molecule has 4 heterocycles. The number of aromatic nitrogens is 4. The number of methoxy groups -OCH3 is 2. The van der Waals surface area contributed by atoms with Gasteiger partial charge < -0.3 is 24.6 Å². The molecule has 1 N–H and O–H groups in total. The average Bonchev–Trinajstić information content (AvgIpc) is 3.41. The van der Waals surface area contributed by atoms with Crippen LogP contribution in [0.1, 0.15) is 0 Å². The van der Waals surface area contributed by atoms with Gasteiger partial charge in [0.05, 0.1) is 37.3 Å². The van der Waals surface area contributed by atoms with E-state index in [2.05, 4.69) is 43.3 Å².